The monoisotopic (exact) mass is 400 g/mol. The quantitative estimate of drug-likeness (QED) is 0.735. The van der Waals surface area contributed by atoms with Crippen LogP contribution in [0.2, 0.25) is 0 Å². The van der Waals surface area contributed by atoms with Crippen molar-refractivity contribution in [3.05, 3.63) is 53.6 Å². The molecule has 0 atom stereocenters. The number of rotatable bonds is 8. The van der Waals surface area contributed by atoms with E-state index in [0.717, 1.165) is 24.2 Å². The molecule has 1 fully saturated rings. The summed E-state index contributed by atoms with van der Waals surface area (Å²) in [7, 11) is 3.23. The maximum atomic E-state index is 12.2. The highest BCUT2D eigenvalue weighted by atomic mass is 32.2. The molecule has 0 unspecified atom stereocenters. The minimum absolute atomic E-state index is 0.0481. The zero-order chi connectivity index (χ0) is 19.8. The highest BCUT2D eigenvalue weighted by Crippen LogP contribution is 2.28. The number of ether oxygens (including phenoxy) is 2. The van der Waals surface area contributed by atoms with Crippen LogP contribution in [-0.4, -0.2) is 44.7 Å². The van der Waals surface area contributed by atoms with Gasteiger partial charge in [0.2, 0.25) is 5.91 Å². The molecule has 0 radical (unpaired) electrons. The zero-order valence-electron chi connectivity index (χ0n) is 16.6. The number of benzene rings is 2. The van der Waals surface area contributed by atoms with Crippen molar-refractivity contribution in [3.8, 4) is 11.5 Å². The molecule has 0 aromatic heterocycles. The topological polar surface area (TPSA) is 50.8 Å². The van der Waals surface area contributed by atoms with E-state index in [9.17, 15) is 4.79 Å². The second-order valence-electron chi connectivity index (χ2n) is 6.73. The van der Waals surface area contributed by atoms with E-state index in [-0.39, 0.29) is 5.91 Å². The van der Waals surface area contributed by atoms with Gasteiger partial charge in [-0.05, 0) is 41.8 Å². The van der Waals surface area contributed by atoms with Crippen molar-refractivity contribution in [1.29, 1.82) is 0 Å². The van der Waals surface area contributed by atoms with Gasteiger partial charge in [0.15, 0.2) is 11.5 Å². The fourth-order valence-corrected chi connectivity index (χ4v) is 4.13. The smallest absolute Gasteiger partial charge is 0.220 e. The number of hydrogen-bond acceptors (Lipinski definition) is 5. The first-order valence-corrected chi connectivity index (χ1v) is 10.7. The average Bonchev–Trinajstić information content (AvgIpc) is 2.77. The highest BCUT2D eigenvalue weighted by Gasteiger charge is 2.11. The summed E-state index contributed by atoms with van der Waals surface area (Å²) < 4.78 is 10.6. The summed E-state index contributed by atoms with van der Waals surface area (Å²) >= 11 is 2.01. The molecule has 0 aliphatic carbocycles. The van der Waals surface area contributed by atoms with Crippen molar-refractivity contribution in [2.75, 3.05) is 43.7 Å². The molecule has 0 saturated carbocycles. The lowest BCUT2D eigenvalue weighted by atomic mass is 10.1. The predicted octanol–water partition coefficient (Wildman–Crippen LogP) is 3.51. The van der Waals surface area contributed by atoms with Gasteiger partial charge < -0.3 is 19.7 Å². The normalized spacial score (nSPS) is 13.9. The first-order chi connectivity index (χ1) is 13.7. The number of amides is 1. The summed E-state index contributed by atoms with van der Waals surface area (Å²) in [5.41, 5.74) is 3.44. The van der Waals surface area contributed by atoms with Crippen molar-refractivity contribution < 1.29 is 14.3 Å². The summed E-state index contributed by atoms with van der Waals surface area (Å²) in [5, 5.41) is 3.01. The molecule has 6 heteroatoms. The first-order valence-electron chi connectivity index (χ1n) is 9.59. The van der Waals surface area contributed by atoms with Crippen LogP contribution in [0.3, 0.4) is 0 Å². The van der Waals surface area contributed by atoms with Crippen LogP contribution < -0.4 is 19.7 Å². The van der Waals surface area contributed by atoms with Gasteiger partial charge in [-0.25, -0.2) is 0 Å². The Morgan fingerprint density at radius 1 is 1.00 bits per heavy atom. The lowest BCUT2D eigenvalue weighted by molar-refractivity contribution is -0.121. The van der Waals surface area contributed by atoms with Crippen LogP contribution in [0.15, 0.2) is 42.5 Å². The summed E-state index contributed by atoms with van der Waals surface area (Å²) in [4.78, 5) is 14.6. The number of nitrogens with one attached hydrogen (secondary N) is 1. The van der Waals surface area contributed by atoms with Crippen LogP contribution in [0, 0.1) is 0 Å². The summed E-state index contributed by atoms with van der Waals surface area (Å²) in [6.45, 7) is 2.77. The zero-order valence-corrected chi connectivity index (χ0v) is 17.4. The molecule has 0 bridgehead atoms. The number of thioether (sulfide) groups is 1. The van der Waals surface area contributed by atoms with Crippen LogP contribution in [0.5, 0.6) is 11.5 Å². The van der Waals surface area contributed by atoms with Crippen molar-refractivity contribution in [2.45, 2.75) is 19.4 Å². The molecule has 150 valence electrons. The third kappa shape index (κ3) is 5.58. The van der Waals surface area contributed by atoms with Crippen LogP contribution in [0.4, 0.5) is 5.69 Å². The van der Waals surface area contributed by atoms with Crippen molar-refractivity contribution in [3.63, 3.8) is 0 Å². The van der Waals surface area contributed by atoms with Gasteiger partial charge in [0, 0.05) is 43.2 Å². The van der Waals surface area contributed by atoms with E-state index in [1.165, 1.54) is 17.2 Å². The maximum Gasteiger partial charge on any atom is 0.220 e. The Hall–Kier alpha value is -2.34. The number of nitrogens with zero attached hydrogens (tertiary/aromatic N) is 1. The third-order valence-electron chi connectivity index (χ3n) is 4.89. The number of methoxy groups -OCH3 is 2. The fraction of sp³-hybridized carbons (Fsp3) is 0.409. The van der Waals surface area contributed by atoms with Crippen molar-refractivity contribution in [2.24, 2.45) is 0 Å². The molecule has 28 heavy (non-hydrogen) atoms. The lowest BCUT2D eigenvalue weighted by Crippen LogP contribution is -2.32. The van der Waals surface area contributed by atoms with Gasteiger partial charge in [-0.3, -0.25) is 4.79 Å². The van der Waals surface area contributed by atoms with Crippen LogP contribution in [0.25, 0.3) is 0 Å². The Morgan fingerprint density at radius 2 is 1.68 bits per heavy atom. The summed E-state index contributed by atoms with van der Waals surface area (Å²) in [5.74, 6) is 3.82. The molecular formula is C22H28N2O3S. The van der Waals surface area contributed by atoms with Gasteiger partial charge in [-0.1, -0.05) is 18.2 Å². The number of anilines is 1. The third-order valence-corrected chi connectivity index (χ3v) is 5.83. The number of aryl methyl sites for hydroxylation is 1. The van der Waals surface area contributed by atoms with Gasteiger partial charge in [0.1, 0.15) is 0 Å². The number of carbonyl (C=O) groups excluding carboxylic acids is 1. The molecule has 1 amide bonds. The molecule has 5 nitrogen and oxygen atoms in total. The summed E-state index contributed by atoms with van der Waals surface area (Å²) in [6.07, 6.45) is 1.11. The SMILES string of the molecule is COc1ccc(CCC(=O)NCc2ccc(N3CCSCC3)cc2)cc1OC. The lowest BCUT2D eigenvalue weighted by Gasteiger charge is -2.28. The van der Waals surface area contributed by atoms with E-state index in [1.54, 1.807) is 14.2 Å². The minimum Gasteiger partial charge on any atom is -0.493 e. The number of hydrogen-bond donors (Lipinski definition) is 1. The van der Waals surface area contributed by atoms with E-state index in [0.29, 0.717) is 30.9 Å². The van der Waals surface area contributed by atoms with Crippen LogP contribution in [-0.2, 0) is 17.8 Å². The number of carbonyl (C=O) groups is 1. The van der Waals surface area contributed by atoms with Crippen molar-refractivity contribution >= 4 is 23.4 Å². The Bertz CT molecular complexity index is 774. The molecule has 1 heterocycles. The average molecular weight is 401 g/mol. The van der Waals surface area contributed by atoms with Crippen LogP contribution >= 0.6 is 11.8 Å². The molecule has 1 saturated heterocycles. The second kappa shape index (κ2) is 10.3. The first kappa shape index (κ1) is 20.4. The summed E-state index contributed by atoms with van der Waals surface area (Å²) in [6, 6.07) is 14.3. The van der Waals surface area contributed by atoms with Crippen LogP contribution in [0.1, 0.15) is 17.5 Å². The van der Waals surface area contributed by atoms with E-state index in [4.69, 9.17) is 9.47 Å². The molecule has 2 aromatic carbocycles. The minimum atomic E-state index is 0.0481. The molecule has 1 aliphatic heterocycles. The van der Waals surface area contributed by atoms with E-state index < -0.39 is 0 Å². The Labute approximate surface area is 171 Å². The van der Waals surface area contributed by atoms with Gasteiger partial charge in [0.25, 0.3) is 0 Å². The molecule has 3 rings (SSSR count). The standard InChI is InChI=1S/C22H28N2O3S/c1-26-20-9-5-17(15-21(20)27-2)6-10-22(25)23-16-18-3-7-19(8-4-18)24-11-13-28-14-12-24/h3-5,7-9,15H,6,10-14,16H2,1-2H3,(H,23,25). The molecule has 0 spiro atoms. The molecule has 1 aliphatic rings. The largest absolute Gasteiger partial charge is 0.493 e. The van der Waals surface area contributed by atoms with Crippen molar-refractivity contribution in [1.82, 2.24) is 5.32 Å². The van der Waals surface area contributed by atoms with Gasteiger partial charge >= 0.3 is 0 Å². The molecule has 1 N–H and O–H groups in total. The van der Waals surface area contributed by atoms with Gasteiger partial charge in [0.05, 0.1) is 14.2 Å². The van der Waals surface area contributed by atoms with E-state index in [1.807, 2.05) is 30.0 Å². The molecular weight excluding hydrogens is 372 g/mol. The van der Waals surface area contributed by atoms with E-state index >= 15 is 0 Å². The van der Waals surface area contributed by atoms with Gasteiger partial charge in [-0.2, -0.15) is 11.8 Å². The Morgan fingerprint density at radius 3 is 2.36 bits per heavy atom. The Kier molecular flexibility index (Phi) is 7.48. The fourth-order valence-electron chi connectivity index (χ4n) is 3.23. The predicted molar refractivity (Wildman–Crippen MR) is 116 cm³/mol. The van der Waals surface area contributed by atoms with Gasteiger partial charge in [-0.15, -0.1) is 0 Å². The Balaban J connectivity index is 1.45. The highest BCUT2D eigenvalue weighted by molar-refractivity contribution is 7.99. The molecule has 2 aromatic rings. The maximum absolute atomic E-state index is 12.2. The van der Waals surface area contributed by atoms with E-state index in [2.05, 4.69) is 34.5 Å². The second-order valence-corrected chi connectivity index (χ2v) is 7.96.